The lowest BCUT2D eigenvalue weighted by Gasteiger charge is -2.23. The van der Waals surface area contributed by atoms with Crippen LogP contribution in [0.3, 0.4) is 0 Å². The minimum atomic E-state index is -0.551. The van der Waals surface area contributed by atoms with Crippen LogP contribution in [0.4, 0.5) is 11.5 Å². The molecule has 0 aliphatic rings. The first kappa shape index (κ1) is 21.2. The third-order valence-corrected chi connectivity index (χ3v) is 4.45. The number of carbonyl (C=O) groups excluding carboxylic acids is 1. The lowest BCUT2D eigenvalue weighted by molar-refractivity contribution is -0.384. The van der Waals surface area contributed by atoms with Crippen LogP contribution in [0.5, 0.6) is 0 Å². The van der Waals surface area contributed by atoms with E-state index in [1.807, 2.05) is 47.6 Å². The van der Waals surface area contributed by atoms with E-state index < -0.39 is 10.8 Å². The number of carbonyl (C=O) groups is 1. The summed E-state index contributed by atoms with van der Waals surface area (Å²) in [6.45, 7) is 12.1. The number of aromatic nitrogens is 5. The highest BCUT2D eigenvalue weighted by Gasteiger charge is 2.26. The van der Waals surface area contributed by atoms with Crippen LogP contribution >= 0.6 is 0 Å². The van der Waals surface area contributed by atoms with E-state index in [1.165, 1.54) is 35.5 Å². The molecule has 30 heavy (non-hydrogen) atoms. The molecule has 3 aromatic rings. The highest BCUT2D eigenvalue weighted by molar-refractivity contribution is 6.04. The Morgan fingerprint density at radius 2 is 1.83 bits per heavy atom. The van der Waals surface area contributed by atoms with Gasteiger partial charge in [-0.25, -0.2) is 14.3 Å². The first-order valence-corrected chi connectivity index (χ1v) is 9.44. The van der Waals surface area contributed by atoms with Gasteiger partial charge in [0.2, 0.25) is 0 Å². The van der Waals surface area contributed by atoms with Gasteiger partial charge in [0.25, 0.3) is 11.6 Å². The molecule has 0 radical (unpaired) electrons. The predicted octanol–water partition coefficient (Wildman–Crippen LogP) is 3.68. The van der Waals surface area contributed by atoms with Gasteiger partial charge >= 0.3 is 0 Å². The highest BCUT2D eigenvalue weighted by atomic mass is 16.6. The maximum atomic E-state index is 12.9. The zero-order valence-electron chi connectivity index (χ0n) is 17.9. The summed E-state index contributed by atoms with van der Waals surface area (Å²) in [6.07, 6.45) is 2.64. The van der Waals surface area contributed by atoms with E-state index in [0.717, 1.165) is 5.69 Å². The van der Waals surface area contributed by atoms with Crippen LogP contribution in [-0.4, -0.2) is 35.4 Å². The van der Waals surface area contributed by atoms with E-state index in [9.17, 15) is 14.9 Å². The van der Waals surface area contributed by atoms with Crippen LogP contribution in [0.1, 0.15) is 57.6 Å². The molecule has 0 aliphatic heterocycles. The standard InChI is InChI=1S/C20H25N7O3/c1-19(2,3)16-10-17(26(24-16)20(4,5)6)23-18(28)13-7-8-14(15(9-13)27(29)30)25-12-21-11-22-25/h7-12H,1-6H3,(H,23,28). The smallest absolute Gasteiger partial charge is 0.295 e. The Morgan fingerprint density at radius 3 is 2.37 bits per heavy atom. The van der Waals surface area contributed by atoms with Gasteiger partial charge in [-0.15, -0.1) is 0 Å². The molecule has 10 nitrogen and oxygen atoms in total. The van der Waals surface area contributed by atoms with Crippen molar-refractivity contribution >= 4 is 17.4 Å². The van der Waals surface area contributed by atoms with E-state index in [1.54, 1.807) is 4.68 Å². The van der Waals surface area contributed by atoms with Gasteiger partial charge in [-0.1, -0.05) is 20.8 Å². The number of nitrogens with one attached hydrogen (secondary N) is 1. The third kappa shape index (κ3) is 4.22. The van der Waals surface area contributed by atoms with E-state index in [4.69, 9.17) is 0 Å². The lowest BCUT2D eigenvalue weighted by atomic mass is 9.92. The Bertz CT molecular complexity index is 1090. The van der Waals surface area contributed by atoms with Gasteiger partial charge < -0.3 is 5.32 Å². The zero-order chi connectivity index (χ0) is 22.3. The third-order valence-electron chi connectivity index (χ3n) is 4.45. The van der Waals surface area contributed by atoms with Crippen LogP contribution in [0.2, 0.25) is 0 Å². The number of nitro groups is 1. The molecule has 2 aromatic heterocycles. The monoisotopic (exact) mass is 411 g/mol. The van der Waals surface area contributed by atoms with Crippen molar-refractivity contribution in [3.63, 3.8) is 0 Å². The molecule has 0 spiro atoms. The second kappa shape index (κ2) is 7.36. The summed E-state index contributed by atoms with van der Waals surface area (Å²) in [5.41, 5.74) is 0.407. The van der Waals surface area contributed by atoms with Crippen molar-refractivity contribution in [2.75, 3.05) is 5.32 Å². The second-order valence-electron chi connectivity index (χ2n) is 9.00. The number of nitro benzene ring substituents is 1. The normalized spacial score (nSPS) is 12.1. The van der Waals surface area contributed by atoms with Gasteiger partial charge in [-0.2, -0.15) is 10.2 Å². The molecule has 0 bridgehead atoms. The molecule has 3 rings (SSSR count). The number of rotatable bonds is 4. The molecule has 1 N–H and O–H groups in total. The van der Waals surface area contributed by atoms with Crippen molar-refractivity contribution in [1.29, 1.82) is 0 Å². The van der Waals surface area contributed by atoms with Gasteiger partial charge in [0.1, 0.15) is 24.2 Å². The Balaban J connectivity index is 1.98. The quantitative estimate of drug-likeness (QED) is 0.516. The fourth-order valence-electron chi connectivity index (χ4n) is 2.87. The Kier molecular flexibility index (Phi) is 5.19. The Labute approximate surface area is 174 Å². The van der Waals surface area contributed by atoms with Crippen LogP contribution < -0.4 is 5.32 Å². The summed E-state index contributed by atoms with van der Waals surface area (Å²) in [6, 6.07) is 6.06. The summed E-state index contributed by atoms with van der Waals surface area (Å²) in [5.74, 6) is 0.0644. The first-order valence-electron chi connectivity index (χ1n) is 9.44. The fourth-order valence-corrected chi connectivity index (χ4v) is 2.87. The molecular weight excluding hydrogens is 386 g/mol. The van der Waals surface area contributed by atoms with Gasteiger partial charge in [0.05, 0.1) is 16.2 Å². The van der Waals surface area contributed by atoms with Crippen LogP contribution in [0.15, 0.2) is 36.9 Å². The molecule has 10 heteroatoms. The van der Waals surface area contributed by atoms with E-state index in [2.05, 4.69) is 20.5 Å². The van der Waals surface area contributed by atoms with Crippen molar-refractivity contribution in [2.24, 2.45) is 0 Å². The predicted molar refractivity (Wildman–Crippen MR) is 112 cm³/mol. The molecule has 158 valence electrons. The first-order chi connectivity index (χ1) is 13.9. The number of anilines is 1. The molecule has 0 saturated carbocycles. The summed E-state index contributed by atoms with van der Waals surface area (Å²) >= 11 is 0. The SMILES string of the molecule is CC(C)(C)c1cc(NC(=O)c2ccc(-n3cncn3)c([N+](=O)[O-])c2)n(C(C)(C)C)n1. The van der Waals surface area contributed by atoms with Crippen molar-refractivity contribution < 1.29 is 9.72 Å². The van der Waals surface area contributed by atoms with Crippen LogP contribution in [0.25, 0.3) is 5.69 Å². The van der Waals surface area contributed by atoms with Crippen molar-refractivity contribution in [3.05, 3.63) is 58.3 Å². The number of nitrogens with zero attached hydrogens (tertiary/aromatic N) is 6. The topological polar surface area (TPSA) is 121 Å². The van der Waals surface area contributed by atoms with Gasteiger partial charge in [-0.3, -0.25) is 14.9 Å². The summed E-state index contributed by atoms with van der Waals surface area (Å²) in [5, 5.41) is 23.0. The molecule has 1 aromatic carbocycles. The average molecular weight is 411 g/mol. The minimum Gasteiger partial charge on any atom is -0.307 e. The summed E-state index contributed by atoms with van der Waals surface area (Å²) in [7, 11) is 0. The van der Waals surface area contributed by atoms with E-state index in [0.29, 0.717) is 5.82 Å². The van der Waals surface area contributed by atoms with E-state index >= 15 is 0 Å². The van der Waals surface area contributed by atoms with Crippen LogP contribution in [0, 0.1) is 10.1 Å². The number of amides is 1. The minimum absolute atomic E-state index is 0.157. The molecule has 0 fully saturated rings. The van der Waals surface area contributed by atoms with Gasteiger partial charge in [0, 0.05) is 23.1 Å². The number of hydrogen-bond donors (Lipinski definition) is 1. The Hall–Kier alpha value is -3.56. The molecule has 0 aliphatic carbocycles. The average Bonchev–Trinajstić information content (AvgIpc) is 3.30. The maximum Gasteiger partial charge on any atom is 0.295 e. The number of benzene rings is 1. The lowest BCUT2D eigenvalue weighted by Crippen LogP contribution is -2.27. The molecule has 2 heterocycles. The second-order valence-corrected chi connectivity index (χ2v) is 9.00. The van der Waals surface area contributed by atoms with Crippen LogP contribution in [-0.2, 0) is 11.0 Å². The largest absolute Gasteiger partial charge is 0.307 e. The molecule has 0 atom stereocenters. The van der Waals surface area contributed by atoms with Gasteiger partial charge in [0.15, 0.2) is 0 Å². The highest BCUT2D eigenvalue weighted by Crippen LogP contribution is 2.29. The Morgan fingerprint density at radius 1 is 1.13 bits per heavy atom. The molecule has 0 unspecified atom stereocenters. The van der Waals surface area contributed by atoms with Crippen molar-refractivity contribution in [3.8, 4) is 5.69 Å². The number of hydrogen-bond acceptors (Lipinski definition) is 6. The van der Waals surface area contributed by atoms with E-state index in [-0.39, 0.29) is 27.9 Å². The molecule has 1 amide bonds. The molecule has 0 saturated heterocycles. The zero-order valence-corrected chi connectivity index (χ0v) is 17.9. The van der Waals surface area contributed by atoms with Gasteiger partial charge in [-0.05, 0) is 32.9 Å². The fraction of sp³-hybridized carbons (Fsp3) is 0.400. The summed E-state index contributed by atoms with van der Waals surface area (Å²) in [4.78, 5) is 27.7. The van der Waals surface area contributed by atoms with Crippen molar-refractivity contribution in [2.45, 2.75) is 52.5 Å². The van der Waals surface area contributed by atoms with Crippen molar-refractivity contribution in [1.82, 2.24) is 24.5 Å². The maximum absolute atomic E-state index is 12.9. The molecular formula is C20H25N7O3. The summed E-state index contributed by atoms with van der Waals surface area (Å²) < 4.78 is 3.04.